The van der Waals surface area contributed by atoms with E-state index in [1.807, 2.05) is 0 Å². The van der Waals surface area contributed by atoms with Gasteiger partial charge < -0.3 is 0 Å². The summed E-state index contributed by atoms with van der Waals surface area (Å²) in [5.41, 5.74) is -0.184. The summed E-state index contributed by atoms with van der Waals surface area (Å²) < 4.78 is 30.9. The van der Waals surface area contributed by atoms with E-state index in [9.17, 15) is 18.5 Å². The number of nitro groups is 1. The van der Waals surface area contributed by atoms with Crippen molar-refractivity contribution >= 4 is 21.9 Å². The number of hydrogen-bond acceptors (Lipinski definition) is 4. The summed E-state index contributed by atoms with van der Waals surface area (Å²) in [7, 11) is -4.47. The predicted octanol–water partition coefficient (Wildman–Crippen LogP) is 1.87. The molecule has 0 atom stereocenters. The fourth-order valence-corrected chi connectivity index (χ4v) is 1.88. The van der Waals surface area contributed by atoms with Crippen LogP contribution >= 0.6 is 0 Å². The van der Waals surface area contributed by atoms with Gasteiger partial charge in [-0.05, 0) is 18.6 Å². The number of nitrogens with zero attached hydrogens (tertiary/aromatic N) is 1. The molecule has 0 aliphatic rings. The van der Waals surface area contributed by atoms with Gasteiger partial charge in [0.05, 0.1) is 4.92 Å². The number of nitro benzene ring substituents is 1. The Kier molecular flexibility index (Phi) is 3.41. The first-order valence-electron chi connectivity index (χ1n) is 4.25. The fourth-order valence-electron chi connectivity index (χ4n) is 1.18. The predicted molar refractivity (Wildman–Crippen MR) is 57.6 cm³/mol. The Bertz CT molecular complexity index is 547. The van der Waals surface area contributed by atoms with Crippen molar-refractivity contribution in [2.24, 2.45) is 0 Å². The lowest BCUT2D eigenvalue weighted by atomic mass is 10.2. The second-order valence-electron chi connectivity index (χ2n) is 2.95. The lowest BCUT2D eigenvalue weighted by Crippen LogP contribution is -2.02. The van der Waals surface area contributed by atoms with Gasteiger partial charge in [0.2, 0.25) is 0 Å². The van der Waals surface area contributed by atoms with Crippen LogP contribution in [-0.4, -0.2) is 17.9 Å². The summed E-state index contributed by atoms with van der Waals surface area (Å²) in [4.78, 5) is 9.26. The Hall–Kier alpha value is -1.73. The monoisotopic (exact) mass is 243 g/mol. The smallest absolute Gasteiger partial charge is 0.282 e. The molecule has 0 saturated heterocycles. The Balaban J connectivity index is 3.51. The Labute approximate surface area is 92.1 Å². The van der Waals surface area contributed by atoms with E-state index in [1.165, 1.54) is 18.2 Å². The number of non-ortho nitro benzene ring substituents is 1. The Morgan fingerprint density at radius 1 is 1.44 bits per heavy atom. The van der Waals surface area contributed by atoms with Crippen LogP contribution in [0.25, 0.3) is 6.08 Å². The molecule has 1 aromatic carbocycles. The summed E-state index contributed by atoms with van der Waals surface area (Å²) in [6, 6.07) is 3.26. The van der Waals surface area contributed by atoms with Gasteiger partial charge >= 0.3 is 0 Å². The molecule has 0 fully saturated rings. The minimum atomic E-state index is -4.47. The summed E-state index contributed by atoms with van der Waals surface area (Å²) in [5.74, 6) is 0. The van der Waals surface area contributed by atoms with E-state index in [4.69, 9.17) is 4.55 Å². The summed E-state index contributed by atoms with van der Waals surface area (Å²) >= 11 is 0. The van der Waals surface area contributed by atoms with E-state index in [0.717, 1.165) is 6.07 Å². The molecule has 0 spiro atoms. The molecule has 6 nitrogen and oxygen atoms in total. The molecular formula is C9H9NO5S. The average molecular weight is 243 g/mol. The van der Waals surface area contributed by atoms with Gasteiger partial charge in [-0.15, -0.1) is 0 Å². The molecule has 0 unspecified atom stereocenters. The molecule has 86 valence electrons. The van der Waals surface area contributed by atoms with Gasteiger partial charge in [0.15, 0.2) is 0 Å². The molecule has 1 rings (SSSR count). The number of rotatable bonds is 3. The summed E-state index contributed by atoms with van der Waals surface area (Å²) in [6.45, 7) is 1.66. The number of hydrogen-bond donors (Lipinski definition) is 1. The van der Waals surface area contributed by atoms with Crippen molar-refractivity contribution in [2.45, 2.75) is 11.8 Å². The minimum Gasteiger partial charge on any atom is -0.282 e. The second-order valence-corrected chi connectivity index (χ2v) is 4.34. The first kappa shape index (κ1) is 12.3. The van der Waals surface area contributed by atoms with E-state index in [0.29, 0.717) is 0 Å². The molecule has 0 amide bonds. The largest absolute Gasteiger partial charge is 0.295 e. The number of benzene rings is 1. The molecule has 0 saturated carbocycles. The van der Waals surface area contributed by atoms with Crippen molar-refractivity contribution in [1.82, 2.24) is 0 Å². The zero-order valence-corrected chi connectivity index (χ0v) is 9.14. The minimum absolute atomic E-state index is 0.204. The van der Waals surface area contributed by atoms with E-state index in [1.54, 1.807) is 13.0 Å². The van der Waals surface area contributed by atoms with Gasteiger partial charge in [0, 0.05) is 12.1 Å². The van der Waals surface area contributed by atoms with Crippen LogP contribution in [0, 0.1) is 10.1 Å². The van der Waals surface area contributed by atoms with Gasteiger partial charge in [0.25, 0.3) is 15.8 Å². The summed E-state index contributed by atoms with van der Waals surface area (Å²) in [6.07, 6.45) is 3.00. The molecule has 0 bridgehead atoms. The van der Waals surface area contributed by atoms with Crippen molar-refractivity contribution in [3.05, 3.63) is 40.0 Å². The first-order valence-corrected chi connectivity index (χ1v) is 5.69. The zero-order chi connectivity index (χ0) is 12.3. The van der Waals surface area contributed by atoms with Crippen LogP contribution in [0.2, 0.25) is 0 Å². The van der Waals surface area contributed by atoms with Crippen LogP contribution < -0.4 is 0 Å². The maximum absolute atomic E-state index is 11.0. The fraction of sp³-hybridized carbons (Fsp3) is 0.111. The molecule has 0 aromatic heterocycles. The molecule has 0 heterocycles. The quantitative estimate of drug-likeness (QED) is 0.496. The summed E-state index contributed by atoms with van der Waals surface area (Å²) in [5, 5.41) is 10.5. The molecule has 0 aliphatic heterocycles. The molecular weight excluding hydrogens is 234 g/mol. The zero-order valence-electron chi connectivity index (χ0n) is 8.32. The van der Waals surface area contributed by atoms with Crippen LogP contribution in [0.15, 0.2) is 29.2 Å². The standard InChI is InChI=1S/C9H9NO5S/c1-2-3-7-4-5-8(10(11)12)6-9(7)16(13,14)15/h2-6H,1H3,(H,13,14,15)/b3-2+. The van der Waals surface area contributed by atoms with E-state index in [-0.39, 0.29) is 11.3 Å². The van der Waals surface area contributed by atoms with Crippen LogP contribution in [0.3, 0.4) is 0 Å². The molecule has 7 heteroatoms. The topological polar surface area (TPSA) is 97.5 Å². The first-order chi connectivity index (χ1) is 7.36. The Morgan fingerprint density at radius 3 is 2.50 bits per heavy atom. The van der Waals surface area contributed by atoms with E-state index >= 15 is 0 Å². The number of allylic oxidation sites excluding steroid dienone is 1. The highest BCUT2D eigenvalue weighted by atomic mass is 32.2. The molecule has 0 radical (unpaired) electrons. The van der Waals surface area contributed by atoms with Crippen LogP contribution in [-0.2, 0) is 10.1 Å². The van der Waals surface area contributed by atoms with Gasteiger partial charge in [-0.1, -0.05) is 12.2 Å². The van der Waals surface area contributed by atoms with Crippen molar-refractivity contribution in [3.63, 3.8) is 0 Å². The van der Waals surface area contributed by atoms with Gasteiger partial charge in [-0.3, -0.25) is 14.7 Å². The highest BCUT2D eigenvalue weighted by Gasteiger charge is 2.18. The van der Waals surface area contributed by atoms with Crippen LogP contribution in [0.1, 0.15) is 12.5 Å². The third-order valence-corrected chi connectivity index (χ3v) is 2.74. The molecule has 0 aliphatic carbocycles. The normalized spacial score (nSPS) is 11.9. The molecule has 1 aromatic rings. The van der Waals surface area contributed by atoms with Gasteiger partial charge in [-0.2, -0.15) is 8.42 Å². The highest BCUT2D eigenvalue weighted by molar-refractivity contribution is 7.86. The van der Waals surface area contributed by atoms with E-state index < -0.39 is 19.9 Å². The third kappa shape index (κ3) is 2.65. The van der Waals surface area contributed by atoms with Crippen molar-refractivity contribution < 1.29 is 17.9 Å². The molecule has 1 N–H and O–H groups in total. The van der Waals surface area contributed by atoms with Crippen LogP contribution in [0.5, 0.6) is 0 Å². The van der Waals surface area contributed by atoms with Crippen molar-refractivity contribution in [3.8, 4) is 0 Å². The molecule has 16 heavy (non-hydrogen) atoms. The van der Waals surface area contributed by atoms with E-state index in [2.05, 4.69) is 0 Å². The van der Waals surface area contributed by atoms with Crippen molar-refractivity contribution in [2.75, 3.05) is 0 Å². The average Bonchev–Trinajstić information content (AvgIpc) is 2.16. The third-order valence-electron chi connectivity index (χ3n) is 1.83. The van der Waals surface area contributed by atoms with Gasteiger partial charge in [0.1, 0.15) is 4.90 Å². The Morgan fingerprint density at radius 2 is 2.06 bits per heavy atom. The SMILES string of the molecule is C/C=C/c1ccc([N+](=O)[O-])cc1S(=O)(=O)O. The lowest BCUT2D eigenvalue weighted by molar-refractivity contribution is -0.385. The van der Waals surface area contributed by atoms with Gasteiger partial charge in [-0.25, -0.2) is 0 Å². The highest BCUT2D eigenvalue weighted by Crippen LogP contribution is 2.23. The second kappa shape index (κ2) is 4.42. The maximum atomic E-state index is 11.0. The lowest BCUT2D eigenvalue weighted by Gasteiger charge is -2.02. The maximum Gasteiger partial charge on any atom is 0.295 e. The van der Waals surface area contributed by atoms with Crippen LogP contribution in [0.4, 0.5) is 5.69 Å². The van der Waals surface area contributed by atoms with Crippen molar-refractivity contribution in [1.29, 1.82) is 0 Å².